The highest BCUT2D eigenvalue weighted by Gasteiger charge is 2.17. The summed E-state index contributed by atoms with van der Waals surface area (Å²) in [6.07, 6.45) is 0.643. The Hall–Kier alpha value is -1.39. The molecule has 1 unspecified atom stereocenters. The molecule has 0 spiro atoms. The fraction of sp³-hybridized carbons (Fsp3) is 0.500. The molecule has 1 atom stereocenters. The third-order valence-corrected chi connectivity index (χ3v) is 2.96. The van der Waals surface area contributed by atoms with E-state index in [1.54, 1.807) is 0 Å². The molecule has 1 aromatic rings. The van der Waals surface area contributed by atoms with Gasteiger partial charge in [-0.1, -0.05) is 30.3 Å². The van der Waals surface area contributed by atoms with Crippen LogP contribution in [0.25, 0.3) is 0 Å². The van der Waals surface area contributed by atoms with Crippen molar-refractivity contribution in [2.75, 3.05) is 20.3 Å². The number of methoxy groups -OCH3 is 1. The number of carbonyl (C=O) groups is 1. The normalized spacial score (nSPS) is 12.4. The van der Waals surface area contributed by atoms with Crippen molar-refractivity contribution in [3.05, 3.63) is 35.9 Å². The molecule has 0 amide bonds. The molecule has 1 aromatic carbocycles. The van der Waals surface area contributed by atoms with E-state index in [2.05, 4.69) is 0 Å². The zero-order valence-electron chi connectivity index (χ0n) is 11.0. The maximum absolute atomic E-state index is 11.4. The summed E-state index contributed by atoms with van der Waals surface area (Å²) in [5.41, 5.74) is 1.14. The van der Waals surface area contributed by atoms with Gasteiger partial charge in [-0.15, -0.1) is 0 Å². The molecule has 4 nitrogen and oxygen atoms in total. The van der Waals surface area contributed by atoms with Crippen molar-refractivity contribution < 1.29 is 14.6 Å². The number of nitrogens with zero attached hydrogens (tertiary/aromatic N) is 1. The maximum atomic E-state index is 11.4. The molecule has 0 bridgehead atoms. The van der Waals surface area contributed by atoms with Crippen LogP contribution in [0.1, 0.15) is 18.9 Å². The summed E-state index contributed by atoms with van der Waals surface area (Å²) in [5, 5.41) is 9.00. The van der Waals surface area contributed by atoms with Crippen LogP contribution in [0.3, 0.4) is 0 Å². The van der Waals surface area contributed by atoms with Crippen LogP contribution in [0.2, 0.25) is 0 Å². The molecule has 0 saturated heterocycles. The van der Waals surface area contributed by atoms with Gasteiger partial charge in [0.25, 0.3) is 0 Å². The van der Waals surface area contributed by atoms with Crippen LogP contribution >= 0.6 is 0 Å². The first-order chi connectivity index (χ1) is 8.67. The van der Waals surface area contributed by atoms with Crippen LogP contribution < -0.4 is 0 Å². The summed E-state index contributed by atoms with van der Waals surface area (Å²) < 4.78 is 4.70. The summed E-state index contributed by atoms with van der Waals surface area (Å²) in [5.74, 6) is -0.254. The SMILES string of the molecule is COC(=O)CN(Cc1ccccc1)C(C)CCO. The number of ether oxygens (including phenoxy) is 1. The number of aliphatic hydroxyl groups excluding tert-OH is 1. The summed E-state index contributed by atoms with van der Waals surface area (Å²) in [7, 11) is 1.39. The molecule has 1 N–H and O–H groups in total. The smallest absolute Gasteiger partial charge is 0.319 e. The van der Waals surface area contributed by atoms with E-state index < -0.39 is 0 Å². The Labute approximate surface area is 108 Å². The molecule has 0 aliphatic heterocycles. The second kappa shape index (κ2) is 7.84. The van der Waals surface area contributed by atoms with Crippen molar-refractivity contribution in [3.63, 3.8) is 0 Å². The molecule has 0 saturated carbocycles. The zero-order valence-corrected chi connectivity index (χ0v) is 11.0. The van der Waals surface area contributed by atoms with Crippen LogP contribution in [-0.2, 0) is 16.1 Å². The van der Waals surface area contributed by atoms with Gasteiger partial charge in [0.05, 0.1) is 13.7 Å². The molecule has 0 radical (unpaired) electrons. The summed E-state index contributed by atoms with van der Waals surface area (Å²) in [6, 6.07) is 10.1. The van der Waals surface area contributed by atoms with Gasteiger partial charge in [-0.05, 0) is 18.9 Å². The predicted molar refractivity (Wildman–Crippen MR) is 70.0 cm³/mol. The Morgan fingerprint density at radius 1 is 1.39 bits per heavy atom. The number of carbonyl (C=O) groups excluding carboxylic acids is 1. The number of benzene rings is 1. The topological polar surface area (TPSA) is 49.8 Å². The predicted octanol–water partition coefficient (Wildman–Crippen LogP) is 1.43. The second-order valence-corrected chi connectivity index (χ2v) is 4.33. The highest BCUT2D eigenvalue weighted by atomic mass is 16.5. The second-order valence-electron chi connectivity index (χ2n) is 4.33. The van der Waals surface area contributed by atoms with E-state index in [-0.39, 0.29) is 25.2 Å². The lowest BCUT2D eigenvalue weighted by Gasteiger charge is -2.27. The fourth-order valence-corrected chi connectivity index (χ4v) is 1.79. The van der Waals surface area contributed by atoms with Crippen LogP contribution in [0.4, 0.5) is 0 Å². The quantitative estimate of drug-likeness (QED) is 0.745. The molecule has 1 rings (SSSR count). The first-order valence-corrected chi connectivity index (χ1v) is 6.13. The van der Waals surface area contributed by atoms with Gasteiger partial charge in [0.15, 0.2) is 0 Å². The first kappa shape index (κ1) is 14.7. The van der Waals surface area contributed by atoms with Gasteiger partial charge in [0, 0.05) is 19.2 Å². The molecule has 18 heavy (non-hydrogen) atoms. The average Bonchev–Trinajstić information content (AvgIpc) is 2.39. The summed E-state index contributed by atoms with van der Waals surface area (Å²) in [6.45, 7) is 3.04. The van der Waals surface area contributed by atoms with E-state index in [0.717, 1.165) is 5.56 Å². The van der Waals surface area contributed by atoms with Crippen molar-refractivity contribution >= 4 is 5.97 Å². The van der Waals surface area contributed by atoms with Crippen LogP contribution in [-0.4, -0.2) is 42.3 Å². The van der Waals surface area contributed by atoms with Crippen molar-refractivity contribution in [2.45, 2.75) is 25.9 Å². The van der Waals surface area contributed by atoms with Gasteiger partial charge in [-0.25, -0.2) is 0 Å². The number of aliphatic hydroxyl groups is 1. The zero-order chi connectivity index (χ0) is 13.4. The third kappa shape index (κ3) is 4.85. The van der Waals surface area contributed by atoms with Gasteiger partial charge in [-0.2, -0.15) is 0 Å². The van der Waals surface area contributed by atoms with Gasteiger partial charge in [0.1, 0.15) is 0 Å². The van der Waals surface area contributed by atoms with E-state index in [4.69, 9.17) is 9.84 Å². The van der Waals surface area contributed by atoms with E-state index >= 15 is 0 Å². The number of rotatable bonds is 7. The van der Waals surface area contributed by atoms with Gasteiger partial charge >= 0.3 is 5.97 Å². The molecular weight excluding hydrogens is 230 g/mol. The molecule has 0 heterocycles. The minimum atomic E-state index is -0.254. The van der Waals surface area contributed by atoms with E-state index in [1.165, 1.54) is 7.11 Å². The largest absolute Gasteiger partial charge is 0.468 e. The molecule has 0 aliphatic carbocycles. The lowest BCUT2D eigenvalue weighted by molar-refractivity contribution is -0.142. The monoisotopic (exact) mass is 251 g/mol. The molecule has 0 fully saturated rings. The Morgan fingerprint density at radius 2 is 2.06 bits per heavy atom. The molecule has 4 heteroatoms. The molecule has 100 valence electrons. The van der Waals surface area contributed by atoms with Crippen molar-refractivity contribution in [1.29, 1.82) is 0 Å². The van der Waals surface area contributed by atoms with Crippen molar-refractivity contribution in [1.82, 2.24) is 4.90 Å². The van der Waals surface area contributed by atoms with Gasteiger partial charge < -0.3 is 9.84 Å². The van der Waals surface area contributed by atoms with Crippen LogP contribution in [0.5, 0.6) is 0 Å². The third-order valence-electron chi connectivity index (χ3n) is 2.96. The van der Waals surface area contributed by atoms with Gasteiger partial charge in [0.2, 0.25) is 0 Å². The maximum Gasteiger partial charge on any atom is 0.319 e. The minimum absolute atomic E-state index is 0.119. The Morgan fingerprint density at radius 3 is 2.61 bits per heavy atom. The first-order valence-electron chi connectivity index (χ1n) is 6.13. The lowest BCUT2D eigenvalue weighted by Crippen LogP contribution is -2.37. The van der Waals surface area contributed by atoms with Crippen LogP contribution in [0.15, 0.2) is 30.3 Å². The minimum Gasteiger partial charge on any atom is -0.468 e. The van der Waals surface area contributed by atoms with E-state index in [1.807, 2.05) is 42.2 Å². The van der Waals surface area contributed by atoms with Crippen molar-refractivity contribution in [2.24, 2.45) is 0 Å². The fourth-order valence-electron chi connectivity index (χ4n) is 1.79. The van der Waals surface area contributed by atoms with E-state index in [9.17, 15) is 4.79 Å². The Bertz CT molecular complexity index is 353. The molecule has 0 aromatic heterocycles. The molecule has 0 aliphatic rings. The Balaban J connectivity index is 2.67. The van der Waals surface area contributed by atoms with Gasteiger partial charge in [-0.3, -0.25) is 9.69 Å². The number of esters is 1. The number of hydrogen-bond acceptors (Lipinski definition) is 4. The Kier molecular flexibility index (Phi) is 6.39. The standard InChI is InChI=1S/C14H21NO3/c1-12(8-9-16)15(11-14(17)18-2)10-13-6-4-3-5-7-13/h3-7,12,16H,8-11H2,1-2H3. The highest BCUT2D eigenvalue weighted by molar-refractivity contribution is 5.71. The van der Waals surface area contributed by atoms with Crippen molar-refractivity contribution in [3.8, 4) is 0 Å². The lowest BCUT2D eigenvalue weighted by atomic mass is 10.1. The highest BCUT2D eigenvalue weighted by Crippen LogP contribution is 2.10. The van der Waals surface area contributed by atoms with Crippen LogP contribution in [0, 0.1) is 0 Å². The van der Waals surface area contributed by atoms with E-state index in [0.29, 0.717) is 13.0 Å². The summed E-state index contributed by atoms with van der Waals surface area (Å²) >= 11 is 0. The average molecular weight is 251 g/mol. The summed E-state index contributed by atoms with van der Waals surface area (Å²) in [4.78, 5) is 13.4. The molecular formula is C14H21NO3. The number of hydrogen-bond donors (Lipinski definition) is 1.